The summed E-state index contributed by atoms with van der Waals surface area (Å²) in [5.41, 5.74) is 2.67. The smallest absolute Gasteiger partial charge is 0.162 e. The molecular formula is C14H15NO. The summed E-state index contributed by atoms with van der Waals surface area (Å²) in [7, 11) is 0. The lowest BCUT2D eigenvalue weighted by Gasteiger charge is -2.41. The number of aryl methyl sites for hydroxylation is 1. The van der Waals surface area contributed by atoms with Gasteiger partial charge in [-0.25, -0.2) is 0 Å². The number of hydrogen-bond donors (Lipinski definition) is 0. The number of anilines is 1. The Morgan fingerprint density at radius 1 is 1.31 bits per heavy atom. The van der Waals surface area contributed by atoms with E-state index in [0.717, 1.165) is 12.8 Å². The van der Waals surface area contributed by atoms with Gasteiger partial charge in [-0.05, 0) is 30.5 Å². The predicted octanol–water partition coefficient (Wildman–Crippen LogP) is 2.54. The lowest BCUT2D eigenvalue weighted by atomic mass is 9.84. The van der Waals surface area contributed by atoms with Crippen LogP contribution >= 0.6 is 0 Å². The van der Waals surface area contributed by atoms with Crippen LogP contribution in [0.2, 0.25) is 0 Å². The minimum Gasteiger partial charge on any atom is -0.344 e. The molecule has 2 nitrogen and oxygen atoms in total. The van der Waals surface area contributed by atoms with Crippen LogP contribution in [0.1, 0.15) is 18.9 Å². The van der Waals surface area contributed by atoms with Crippen molar-refractivity contribution in [2.75, 3.05) is 4.90 Å². The quantitative estimate of drug-likeness (QED) is 0.660. The zero-order valence-corrected chi connectivity index (χ0v) is 9.39. The van der Waals surface area contributed by atoms with Gasteiger partial charge in [0.15, 0.2) is 5.78 Å². The molecule has 0 N–H and O–H groups in total. The summed E-state index contributed by atoms with van der Waals surface area (Å²) in [4.78, 5) is 13.9. The Balaban J connectivity index is 2.08. The molecule has 0 bridgehead atoms. The van der Waals surface area contributed by atoms with Gasteiger partial charge in [0.05, 0.1) is 0 Å². The Kier molecular flexibility index (Phi) is 2.10. The average molecular weight is 213 g/mol. The zero-order valence-electron chi connectivity index (χ0n) is 9.39. The van der Waals surface area contributed by atoms with Crippen molar-refractivity contribution >= 4 is 11.5 Å². The van der Waals surface area contributed by atoms with Gasteiger partial charge in [-0.15, -0.1) is 0 Å². The third-order valence-corrected chi connectivity index (χ3v) is 3.76. The molecule has 2 aliphatic rings. The minimum absolute atomic E-state index is 0.123. The summed E-state index contributed by atoms with van der Waals surface area (Å²) in [6.07, 6.45) is 5.82. The van der Waals surface area contributed by atoms with Crippen molar-refractivity contribution in [3.8, 4) is 0 Å². The molecule has 1 aromatic carbocycles. The molecule has 2 atom stereocenters. The molecule has 0 saturated heterocycles. The van der Waals surface area contributed by atoms with Gasteiger partial charge >= 0.3 is 0 Å². The second-order valence-corrected chi connectivity index (χ2v) is 4.65. The highest BCUT2D eigenvalue weighted by Gasteiger charge is 2.34. The summed E-state index contributed by atoms with van der Waals surface area (Å²) in [5, 5.41) is 0. The predicted molar refractivity (Wildman–Crippen MR) is 64.3 cm³/mol. The van der Waals surface area contributed by atoms with Gasteiger partial charge in [0.25, 0.3) is 0 Å². The molecule has 0 fully saturated rings. The molecule has 0 amide bonds. The Morgan fingerprint density at radius 2 is 2.12 bits per heavy atom. The molecule has 2 heteroatoms. The van der Waals surface area contributed by atoms with Gasteiger partial charge in [0.2, 0.25) is 0 Å². The largest absolute Gasteiger partial charge is 0.344 e. The number of nitrogens with zero attached hydrogens (tertiary/aromatic N) is 1. The van der Waals surface area contributed by atoms with Gasteiger partial charge in [-0.1, -0.05) is 25.1 Å². The maximum Gasteiger partial charge on any atom is 0.162 e. The van der Waals surface area contributed by atoms with E-state index in [9.17, 15) is 4.79 Å². The molecule has 82 valence electrons. The number of ketones is 1. The van der Waals surface area contributed by atoms with E-state index in [2.05, 4.69) is 29.2 Å². The number of benzene rings is 1. The molecular weight excluding hydrogens is 198 g/mol. The van der Waals surface area contributed by atoms with E-state index in [4.69, 9.17) is 0 Å². The van der Waals surface area contributed by atoms with Crippen LogP contribution in [0, 0.1) is 5.92 Å². The molecule has 0 aliphatic carbocycles. The summed E-state index contributed by atoms with van der Waals surface area (Å²) in [6.45, 7) is 2.04. The van der Waals surface area contributed by atoms with E-state index >= 15 is 0 Å². The van der Waals surface area contributed by atoms with Crippen molar-refractivity contribution in [3.05, 3.63) is 42.1 Å². The highest BCUT2D eigenvalue weighted by Crippen LogP contribution is 2.35. The maximum absolute atomic E-state index is 11.6. The highest BCUT2D eigenvalue weighted by atomic mass is 16.1. The van der Waals surface area contributed by atoms with E-state index in [1.807, 2.05) is 13.1 Å². The highest BCUT2D eigenvalue weighted by molar-refractivity contribution is 5.94. The molecule has 16 heavy (non-hydrogen) atoms. The minimum atomic E-state index is 0.123. The van der Waals surface area contributed by atoms with Crippen molar-refractivity contribution in [1.29, 1.82) is 0 Å². The Labute approximate surface area is 95.6 Å². The standard InChI is InChI=1S/C14H15NO/c1-10-12-7-6-11-4-2-3-5-13(11)15(12)9-8-14(10)16/h2-5,8-10,12H,6-7H2,1H3/t10-,12-/m0/s1. The summed E-state index contributed by atoms with van der Waals surface area (Å²) in [6, 6.07) is 8.83. The first-order valence-corrected chi connectivity index (χ1v) is 5.85. The fourth-order valence-electron chi connectivity index (χ4n) is 2.77. The summed E-state index contributed by atoms with van der Waals surface area (Å²) in [5.74, 6) is 0.388. The third-order valence-electron chi connectivity index (χ3n) is 3.76. The lowest BCUT2D eigenvalue weighted by Crippen LogP contribution is -2.45. The molecule has 0 spiro atoms. The second kappa shape index (κ2) is 3.48. The van der Waals surface area contributed by atoms with Crippen LogP contribution in [-0.4, -0.2) is 11.8 Å². The zero-order chi connectivity index (χ0) is 11.1. The summed E-state index contributed by atoms with van der Waals surface area (Å²) >= 11 is 0. The Bertz CT molecular complexity index is 464. The van der Waals surface area contributed by atoms with Gasteiger partial charge in [-0.2, -0.15) is 0 Å². The SMILES string of the molecule is C[C@@H]1C(=O)C=CN2c3ccccc3CC[C@@H]12. The second-order valence-electron chi connectivity index (χ2n) is 4.65. The molecule has 0 radical (unpaired) electrons. The first-order chi connectivity index (χ1) is 7.77. The van der Waals surface area contributed by atoms with Gasteiger partial charge < -0.3 is 4.90 Å². The lowest BCUT2D eigenvalue weighted by molar-refractivity contribution is -0.118. The topological polar surface area (TPSA) is 20.3 Å². The molecule has 0 aromatic heterocycles. The fraction of sp³-hybridized carbons (Fsp3) is 0.357. The molecule has 0 saturated carbocycles. The number of carbonyl (C=O) groups excluding carboxylic acids is 1. The van der Waals surface area contributed by atoms with E-state index in [1.54, 1.807) is 6.08 Å². The molecule has 3 rings (SSSR count). The molecule has 2 aliphatic heterocycles. The monoisotopic (exact) mass is 213 g/mol. The first-order valence-electron chi connectivity index (χ1n) is 5.85. The van der Waals surface area contributed by atoms with E-state index in [1.165, 1.54) is 11.3 Å². The normalized spacial score (nSPS) is 27.6. The van der Waals surface area contributed by atoms with Crippen molar-refractivity contribution in [3.63, 3.8) is 0 Å². The van der Waals surface area contributed by atoms with Crippen LogP contribution in [0.15, 0.2) is 36.5 Å². The van der Waals surface area contributed by atoms with Crippen LogP contribution < -0.4 is 4.90 Å². The van der Waals surface area contributed by atoms with E-state index in [-0.39, 0.29) is 11.7 Å². The fourth-order valence-corrected chi connectivity index (χ4v) is 2.77. The van der Waals surface area contributed by atoms with Gasteiger partial charge in [0, 0.05) is 23.8 Å². The number of allylic oxidation sites excluding steroid dienone is 1. The van der Waals surface area contributed by atoms with Gasteiger partial charge in [0.1, 0.15) is 0 Å². The number of para-hydroxylation sites is 1. The molecule has 1 aromatic rings. The number of fused-ring (bicyclic) bond motifs is 3. The van der Waals surface area contributed by atoms with Crippen molar-refractivity contribution in [2.24, 2.45) is 5.92 Å². The van der Waals surface area contributed by atoms with Crippen LogP contribution in [0.4, 0.5) is 5.69 Å². The number of carbonyl (C=O) groups is 1. The van der Waals surface area contributed by atoms with Crippen LogP contribution in [0.3, 0.4) is 0 Å². The summed E-state index contributed by atoms with van der Waals surface area (Å²) < 4.78 is 0. The maximum atomic E-state index is 11.6. The van der Waals surface area contributed by atoms with Gasteiger partial charge in [-0.3, -0.25) is 4.79 Å². The van der Waals surface area contributed by atoms with Crippen molar-refractivity contribution in [2.45, 2.75) is 25.8 Å². The number of rotatable bonds is 0. The molecule has 0 unspecified atom stereocenters. The van der Waals surface area contributed by atoms with Crippen LogP contribution in [0.25, 0.3) is 0 Å². The number of hydrogen-bond acceptors (Lipinski definition) is 2. The van der Waals surface area contributed by atoms with Crippen molar-refractivity contribution in [1.82, 2.24) is 0 Å². The molecule has 2 heterocycles. The van der Waals surface area contributed by atoms with E-state index in [0.29, 0.717) is 6.04 Å². The Morgan fingerprint density at radius 3 is 3.00 bits per heavy atom. The Hall–Kier alpha value is -1.57. The first kappa shape index (κ1) is 9.64. The third kappa shape index (κ3) is 1.29. The van der Waals surface area contributed by atoms with E-state index < -0.39 is 0 Å². The van der Waals surface area contributed by atoms with Crippen LogP contribution in [-0.2, 0) is 11.2 Å². The average Bonchev–Trinajstić information content (AvgIpc) is 2.33. The van der Waals surface area contributed by atoms with Crippen LogP contribution in [0.5, 0.6) is 0 Å². The van der Waals surface area contributed by atoms with Crippen molar-refractivity contribution < 1.29 is 4.79 Å².